The number of allylic oxidation sites excluding steroid dienone is 4. The summed E-state index contributed by atoms with van der Waals surface area (Å²) in [5.74, 6) is -0.00157. The molecular weight excluding hydrogens is 228 g/mol. The average Bonchev–Trinajstić information content (AvgIpc) is 2.44. The Labute approximate surface area is 104 Å². The van der Waals surface area contributed by atoms with E-state index in [1.54, 1.807) is 24.3 Å². The van der Waals surface area contributed by atoms with Crippen LogP contribution >= 0.6 is 0 Å². The molecule has 1 heterocycles. The van der Waals surface area contributed by atoms with E-state index in [9.17, 15) is 9.90 Å². The van der Waals surface area contributed by atoms with Crippen LogP contribution in [0.2, 0.25) is 0 Å². The van der Waals surface area contributed by atoms with Crippen LogP contribution in [0.4, 0.5) is 0 Å². The van der Waals surface area contributed by atoms with Gasteiger partial charge in [-0.2, -0.15) is 0 Å². The second-order valence-corrected chi connectivity index (χ2v) is 4.26. The van der Waals surface area contributed by atoms with E-state index >= 15 is 0 Å². The highest BCUT2D eigenvalue weighted by Crippen LogP contribution is 2.30. The molecule has 1 aromatic carbocycles. The maximum absolute atomic E-state index is 12.0. The third-order valence-corrected chi connectivity index (χ3v) is 3.08. The van der Waals surface area contributed by atoms with Gasteiger partial charge in [-0.05, 0) is 30.5 Å². The van der Waals surface area contributed by atoms with Crippen molar-refractivity contribution in [3.63, 3.8) is 0 Å². The zero-order valence-electron chi connectivity index (χ0n) is 9.72. The Hall–Kier alpha value is -2.29. The van der Waals surface area contributed by atoms with Crippen molar-refractivity contribution in [2.45, 2.75) is 12.8 Å². The largest absolute Gasteiger partial charge is 0.502 e. The van der Waals surface area contributed by atoms with E-state index in [1.165, 1.54) is 0 Å². The zero-order chi connectivity index (χ0) is 12.5. The maximum atomic E-state index is 12.0. The fourth-order valence-corrected chi connectivity index (χ4v) is 2.14. The van der Waals surface area contributed by atoms with Gasteiger partial charge in [0.05, 0.1) is 5.39 Å². The van der Waals surface area contributed by atoms with Crippen LogP contribution in [-0.4, -0.2) is 5.11 Å². The van der Waals surface area contributed by atoms with Crippen molar-refractivity contribution in [1.82, 2.24) is 0 Å². The molecule has 1 aromatic heterocycles. The Morgan fingerprint density at radius 2 is 2.06 bits per heavy atom. The molecule has 1 N–H and O–H groups in total. The van der Waals surface area contributed by atoms with Gasteiger partial charge in [-0.1, -0.05) is 30.4 Å². The molecule has 3 nitrogen and oxygen atoms in total. The summed E-state index contributed by atoms with van der Waals surface area (Å²) in [7, 11) is 0. The molecule has 0 saturated carbocycles. The van der Waals surface area contributed by atoms with E-state index in [0.29, 0.717) is 16.7 Å². The number of benzene rings is 1. The lowest BCUT2D eigenvalue weighted by atomic mass is 10.0. The van der Waals surface area contributed by atoms with E-state index in [-0.39, 0.29) is 11.2 Å². The van der Waals surface area contributed by atoms with Crippen LogP contribution in [0.5, 0.6) is 5.75 Å². The van der Waals surface area contributed by atoms with Crippen LogP contribution in [-0.2, 0) is 0 Å². The monoisotopic (exact) mass is 240 g/mol. The molecule has 0 radical (unpaired) electrons. The van der Waals surface area contributed by atoms with Crippen LogP contribution in [0.3, 0.4) is 0 Å². The first-order valence-corrected chi connectivity index (χ1v) is 5.88. The van der Waals surface area contributed by atoms with Gasteiger partial charge in [-0.25, -0.2) is 0 Å². The van der Waals surface area contributed by atoms with E-state index < -0.39 is 0 Å². The predicted molar refractivity (Wildman–Crippen MR) is 70.5 cm³/mol. The van der Waals surface area contributed by atoms with Gasteiger partial charge < -0.3 is 9.52 Å². The Morgan fingerprint density at radius 1 is 1.22 bits per heavy atom. The molecule has 0 bridgehead atoms. The van der Waals surface area contributed by atoms with Crippen LogP contribution in [0.15, 0.2) is 51.7 Å². The van der Waals surface area contributed by atoms with Crippen LogP contribution in [0, 0.1) is 0 Å². The Morgan fingerprint density at radius 3 is 2.83 bits per heavy atom. The summed E-state index contributed by atoms with van der Waals surface area (Å²) < 4.78 is 5.66. The first kappa shape index (κ1) is 10.8. The van der Waals surface area contributed by atoms with E-state index in [1.807, 2.05) is 18.2 Å². The minimum Gasteiger partial charge on any atom is -0.502 e. The smallest absolute Gasteiger partial charge is 0.235 e. The quantitative estimate of drug-likeness (QED) is 0.832. The minimum atomic E-state index is -0.373. The summed E-state index contributed by atoms with van der Waals surface area (Å²) >= 11 is 0. The molecule has 1 aliphatic carbocycles. The van der Waals surface area contributed by atoms with Crippen molar-refractivity contribution in [3.05, 3.63) is 58.5 Å². The number of fused-ring (bicyclic) bond motifs is 1. The van der Waals surface area contributed by atoms with Crippen LogP contribution in [0.25, 0.3) is 16.5 Å². The summed E-state index contributed by atoms with van der Waals surface area (Å²) in [6.45, 7) is 0. The lowest BCUT2D eigenvalue weighted by Gasteiger charge is -2.10. The number of hydrogen-bond acceptors (Lipinski definition) is 3. The van der Waals surface area contributed by atoms with Gasteiger partial charge in [0.25, 0.3) is 0 Å². The first-order chi connectivity index (χ1) is 8.77. The zero-order valence-corrected chi connectivity index (χ0v) is 9.72. The van der Waals surface area contributed by atoms with E-state index in [2.05, 4.69) is 0 Å². The third-order valence-electron chi connectivity index (χ3n) is 3.08. The normalized spacial score (nSPS) is 14.8. The van der Waals surface area contributed by atoms with Crippen molar-refractivity contribution in [2.24, 2.45) is 0 Å². The molecule has 3 rings (SSSR count). The first-order valence-electron chi connectivity index (χ1n) is 5.88. The SMILES string of the molecule is O=c1c(O)c(C2=CC=CCC2)oc2ccccc12. The van der Waals surface area contributed by atoms with E-state index in [0.717, 1.165) is 18.4 Å². The molecule has 0 spiro atoms. The molecule has 1 aliphatic rings. The number of hydrogen-bond donors (Lipinski definition) is 1. The molecule has 0 amide bonds. The van der Waals surface area contributed by atoms with Crippen LogP contribution in [0.1, 0.15) is 18.6 Å². The highest BCUT2D eigenvalue weighted by atomic mass is 16.4. The van der Waals surface area contributed by atoms with Crippen molar-refractivity contribution in [1.29, 1.82) is 0 Å². The highest BCUT2D eigenvalue weighted by Gasteiger charge is 2.16. The molecule has 0 unspecified atom stereocenters. The maximum Gasteiger partial charge on any atom is 0.235 e. The van der Waals surface area contributed by atoms with Gasteiger partial charge in [-0.3, -0.25) is 4.79 Å². The van der Waals surface area contributed by atoms with Gasteiger partial charge >= 0.3 is 0 Å². The van der Waals surface area contributed by atoms with Gasteiger partial charge in [0, 0.05) is 0 Å². The second-order valence-electron chi connectivity index (χ2n) is 4.26. The lowest BCUT2D eigenvalue weighted by molar-refractivity contribution is 0.435. The van der Waals surface area contributed by atoms with Gasteiger partial charge in [0.2, 0.25) is 11.2 Å². The molecule has 18 heavy (non-hydrogen) atoms. The summed E-state index contributed by atoms with van der Waals surface area (Å²) in [5.41, 5.74) is 0.992. The van der Waals surface area contributed by atoms with Gasteiger partial charge in [0.15, 0.2) is 5.76 Å². The molecule has 90 valence electrons. The standard InChI is InChI=1S/C15H12O3/c16-13-11-8-4-5-9-12(11)18-15(14(13)17)10-6-2-1-3-7-10/h1-2,4-6,8-9,17H,3,7H2. The predicted octanol–water partition coefficient (Wildman–Crippen LogP) is 3.23. The van der Waals surface area contributed by atoms with Gasteiger partial charge in [0.1, 0.15) is 5.58 Å². The van der Waals surface area contributed by atoms with Crippen molar-refractivity contribution < 1.29 is 9.52 Å². The Kier molecular flexibility index (Phi) is 2.52. The summed E-state index contributed by atoms with van der Waals surface area (Å²) in [6.07, 6.45) is 7.48. The van der Waals surface area contributed by atoms with Crippen molar-refractivity contribution >= 4 is 16.5 Å². The second kappa shape index (κ2) is 4.18. The number of rotatable bonds is 1. The molecular formula is C15H12O3. The topological polar surface area (TPSA) is 50.4 Å². The van der Waals surface area contributed by atoms with Crippen molar-refractivity contribution in [3.8, 4) is 5.75 Å². The molecule has 0 aliphatic heterocycles. The Bertz CT molecular complexity index is 720. The fourth-order valence-electron chi connectivity index (χ4n) is 2.14. The summed E-state index contributed by atoms with van der Waals surface area (Å²) in [5, 5.41) is 10.4. The highest BCUT2D eigenvalue weighted by molar-refractivity contribution is 5.81. The fraction of sp³-hybridized carbons (Fsp3) is 0.133. The lowest BCUT2D eigenvalue weighted by Crippen LogP contribution is -2.04. The van der Waals surface area contributed by atoms with Crippen molar-refractivity contribution in [2.75, 3.05) is 0 Å². The number of para-hydroxylation sites is 1. The molecule has 0 fully saturated rings. The van der Waals surface area contributed by atoms with Crippen LogP contribution < -0.4 is 5.43 Å². The van der Waals surface area contributed by atoms with E-state index in [4.69, 9.17) is 4.42 Å². The minimum absolute atomic E-state index is 0.294. The van der Waals surface area contributed by atoms with Gasteiger partial charge in [-0.15, -0.1) is 0 Å². The summed E-state index contributed by atoms with van der Waals surface area (Å²) in [6, 6.07) is 6.95. The molecule has 3 heteroatoms. The summed E-state index contributed by atoms with van der Waals surface area (Å²) in [4.78, 5) is 12.0. The number of aromatic hydroxyl groups is 1. The molecule has 0 atom stereocenters. The third kappa shape index (κ3) is 1.64. The average molecular weight is 240 g/mol. The molecule has 2 aromatic rings. The molecule has 0 saturated heterocycles. The Balaban J connectivity index is 2.30.